The molecule has 1 atom stereocenters. The van der Waals surface area contributed by atoms with Gasteiger partial charge in [-0.1, -0.05) is 18.2 Å². The van der Waals surface area contributed by atoms with Crippen LogP contribution in [-0.4, -0.2) is 30.8 Å². The summed E-state index contributed by atoms with van der Waals surface area (Å²) in [6, 6.07) is 9.48. The van der Waals surface area contributed by atoms with E-state index in [4.69, 9.17) is 4.74 Å². The molecule has 1 aromatic rings. The summed E-state index contributed by atoms with van der Waals surface area (Å²) in [4.78, 5) is 11.3. The number of benzene rings is 1. The highest BCUT2D eigenvalue weighted by molar-refractivity contribution is 5.75. The van der Waals surface area contributed by atoms with E-state index in [1.54, 1.807) is 0 Å². The van der Waals surface area contributed by atoms with Gasteiger partial charge in [0.15, 0.2) is 0 Å². The average molecular weight is 235 g/mol. The minimum absolute atomic E-state index is 0.442. The number of carboxylic acids is 1. The summed E-state index contributed by atoms with van der Waals surface area (Å²) in [5, 5.41) is 12.4. The summed E-state index contributed by atoms with van der Waals surface area (Å²) < 4.78 is 5.55. The van der Waals surface area contributed by atoms with Crippen LogP contribution in [0.2, 0.25) is 0 Å². The number of ether oxygens (including phenoxy) is 1. The third-order valence-electron chi connectivity index (χ3n) is 3.29. The quantitative estimate of drug-likeness (QED) is 0.812. The molecule has 0 aromatic heterocycles. The Morgan fingerprint density at radius 2 is 2.18 bits per heavy atom. The Bertz CT molecular complexity index is 372. The van der Waals surface area contributed by atoms with Gasteiger partial charge in [-0.2, -0.15) is 0 Å². The second-order valence-electron chi connectivity index (χ2n) is 4.42. The molecular weight excluding hydrogens is 218 g/mol. The van der Waals surface area contributed by atoms with Gasteiger partial charge < -0.3 is 15.2 Å². The summed E-state index contributed by atoms with van der Waals surface area (Å²) in [5.74, 6) is 0.0677. The van der Waals surface area contributed by atoms with E-state index in [0.717, 1.165) is 12.3 Å². The molecule has 0 radical (unpaired) electrons. The Hall–Kier alpha value is -1.55. The standard InChI is InChI=1S/C13H17NO3/c15-12(16)13(6-8-14-10-13)7-9-17-11-4-2-1-3-5-11/h1-5,14H,6-10H2,(H,15,16). The number of aliphatic carboxylic acids is 1. The van der Waals surface area contributed by atoms with Gasteiger partial charge >= 0.3 is 5.97 Å². The monoisotopic (exact) mass is 235 g/mol. The van der Waals surface area contributed by atoms with Crippen LogP contribution in [0, 0.1) is 5.41 Å². The molecule has 1 unspecified atom stereocenters. The Morgan fingerprint density at radius 3 is 2.76 bits per heavy atom. The molecule has 1 saturated heterocycles. The molecule has 0 spiro atoms. The second-order valence-corrected chi connectivity index (χ2v) is 4.42. The smallest absolute Gasteiger partial charge is 0.311 e. The van der Waals surface area contributed by atoms with Crippen LogP contribution < -0.4 is 10.1 Å². The molecule has 1 heterocycles. The van der Waals surface area contributed by atoms with Crippen molar-refractivity contribution in [3.63, 3.8) is 0 Å². The zero-order chi connectivity index (χ0) is 12.1. The number of rotatable bonds is 5. The summed E-state index contributed by atoms with van der Waals surface area (Å²) >= 11 is 0. The van der Waals surface area contributed by atoms with Crippen LogP contribution in [0.15, 0.2) is 30.3 Å². The summed E-state index contributed by atoms with van der Waals surface area (Å²) in [6.07, 6.45) is 1.23. The van der Waals surface area contributed by atoms with Crippen molar-refractivity contribution >= 4 is 5.97 Å². The summed E-state index contributed by atoms with van der Waals surface area (Å²) in [7, 11) is 0. The molecule has 0 saturated carbocycles. The first-order chi connectivity index (χ1) is 8.23. The fourth-order valence-corrected chi connectivity index (χ4v) is 2.13. The van der Waals surface area contributed by atoms with E-state index in [-0.39, 0.29) is 0 Å². The van der Waals surface area contributed by atoms with Crippen LogP contribution in [0.4, 0.5) is 0 Å². The van der Waals surface area contributed by atoms with Gasteiger partial charge in [0.1, 0.15) is 5.75 Å². The van der Waals surface area contributed by atoms with E-state index < -0.39 is 11.4 Å². The average Bonchev–Trinajstić information content (AvgIpc) is 2.80. The molecule has 0 amide bonds. The van der Waals surface area contributed by atoms with Crippen molar-refractivity contribution in [1.82, 2.24) is 5.32 Å². The lowest BCUT2D eigenvalue weighted by molar-refractivity contribution is -0.148. The topological polar surface area (TPSA) is 58.6 Å². The third-order valence-corrected chi connectivity index (χ3v) is 3.29. The zero-order valence-corrected chi connectivity index (χ0v) is 9.69. The van der Waals surface area contributed by atoms with Gasteiger partial charge in [-0.05, 0) is 31.5 Å². The molecule has 0 bridgehead atoms. The van der Waals surface area contributed by atoms with E-state index in [2.05, 4.69) is 5.32 Å². The van der Waals surface area contributed by atoms with E-state index >= 15 is 0 Å². The lowest BCUT2D eigenvalue weighted by atomic mass is 9.84. The Morgan fingerprint density at radius 1 is 1.41 bits per heavy atom. The number of carbonyl (C=O) groups is 1. The van der Waals surface area contributed by atoms with Crippen molar-refractivity contribution in [3.8, 4) is 5.75 Å². The van der Waals surface area contributed by atoms with Gasteiger partial charge in [0, 0.05) is 6.54 Å². The maximum Gasteiger partial charge on any atom is 0.311 e. The van der Waals surface area contributed by atoms with Gasteiger partial charge in [-0.3, -0.25) is 4.79 Å². The zero-order valence-electron chi connectivity index (χ0n) is 9.69. The number of para-hydroxylation sites is 1. The van der Waals surface area contributed by atoms with E-state index in [1.165, 1.54) is 0 Å². The molecule has 4 nitrogen and oxygen atoms in total. The number of carboxylic acid groups (broad SMARTS) is 1. The molecule has 92 valence electrons. The first-order valence-corrected chi connectivity index (χ1v) is 5.85. The lowest BCUT2D eigenvalue weighted by Gasteiger charge is -2.22. The van der Waals surface area contributed by atoms with Crippen LogP contribution >= 0.6 is 0 Å². The van der Waals surface area contributed by atoms with Gasteiger partial charge in [-0.25, -0.2) is 0 Å². The minimum atomic E-state index is -0.723. The Kier molecular flexibility index (Phi) is 3.64. The Labute approximate surface area is 101 Å². The molecule has 1 aliphatic heterocycles. The van der Waals surface area contributed by atoms with E-state index in [1.807, 2.05) is 30.3 Å². The van der Waals surface area contributed by atoms with Gasteiger partial charge in [0.2, 0.25) is 0 Å². The normalized spacial score (nSPS) is 23.5. The van der Waals surface area contributed by atoms with Gasteiger partial charge in [0.25, 0.3) is 0 Å². The molecule has 17 heavy (non-hydrogen) atoms. The van der Waals surface area contributed by atoms with E-state index in [0.29, 0.717) is 26.0 Å². The highest BCUT2D eigenvalue weighted by Gasteiger charge is 2.41. The van der Waals surface area contributed by atoms with E-state index in [9.17, 15) is 9.90 Å². The van der Waals surface area contributed by atoms with Crippen LogP contribution in [0.25, 0.3) is 0 Å². The van der Waals surface area contributed by atoms with Gasteiger partial charge in [-0.15, -0.1) is 0 Å². The summed E-state index contributed by atoms with van der Waals surface area (Å²) in [5.41, 5.74) is -0.644. The first kappa shape index (κ1) is 11.9. The van der Waals surface area contributed by atoms with Crippen molar-refractivity contribution in [1.29, 1.82) is 0 Å². The maximum absolute atomic E-state index is 11.3. The van der Waals surface area contributed by atoms with Gasteiger partial charge in [0.05, 0.1) is 12.0 Å². The maximum atomic E-state index is 11.3. The van der Waals surface area contributed by atoms with Crippen molar-refractivity contribution < 1.29 is 14.6 Å². The second kappa shape index (κ2) is 5.19. The minimum Gasteiger partial charge on any atom is -0.494 e. The summed E-state index contributed by atoms with van der Waals surface area (Å²) in [6.45, 7) is 1.76. The predicted molar refractivity (Wildman–Crippen MR) is 64.1 cm³/mol. The highest BCUT2D eigenvalue weighted by atomic mass is 16.5. The SMILES string of the molecule is O=C(O)C1(CCOc2ccccc2)CCNC1. The van der Waals surface area contributed by atoms with Crippen molar-refractivity contribution in [2.45, 2.75) is 12.8 Å². The third kappa shape index (κ3) is 2.77. The van der Waals surface area contributed by atoms with Crippen LogP contribution in [0.1, 0.15) is 12.8 Å². The first-order valence-electron chi connectivity index (χ1n) is 5.85. The molecule has 0 aliphatic carbocycles. The molecule has 1 fully saturated rings. The largest absolute Gasteiger partial charge is 0.494 e. The Balaban J connectivity index is 1.87. The van der Waals surface area contributed by atoms with Crippen LogP contribution in [-0.2, 0) is 4.79 Å². The molecule has 2 N–H and O–H groups in total. The van der Waals surface area contributed by atoms with Crippen molar-refractivity contribution in [2.24, 2.45) is 5.41 Å². The van der Waals surface area contributed by atoms with Crippen LogP contribution in [0.3, 0.4) is 0 Å². The fourth-order valence-electron chi connectivity index (χ4n) is 2.13. The fraction of sp³-hybridized carbons (Fsp3) is 0.462. The van der Waals surface area contributed by atoms with Crippen molar-refractivity contribution in [2.75, 3.05) is 19.7 Å². The van der Waals surface area contributed by atoms with Crippen LogP contribution in [0.5, 0.6) is 5.75 Å². The predicted octanol–water partition coefficient (Wildman–Crippen LogP) is 1.52. The molecule has 2 rings (SSSR count). The molecule has 1 aromatic carbocycles. The number of hydrogen-bond donors (Lipinski definition) is 2. The lowest BCUT2D eigenvalue weighted by Crippen LogP contribution is -2.34. The van der Waals surface area contributed by atoms with Crippen molar-refractivity contribution in [3.05, 3.63) is 30.3 Å². The molecule has 4 heteroatoms. The molecular formula is C13H17NO3. The highest BCUT2D eigenvalue weighted by Crippen LogP contribution is 2.30. The number of nitrogens with one attached hydrogen (secondary N) is 1. The molecule has 1 aliphatic rings. The number of hydrogen-bond acceptors (Lipinski definition) is 3.